The second-order valence-corrected chi connectivity index (χ2v) is 8.35. The molecule has 0 saturated heterocycles. The Bertz CT molecular complexity index is 544. The average molecular weight is 364 g/mol. The Morgan fingerprint density at radius 1 is 1.08 bits per heavy atom. The maximum atomic E-state index is 12.4. The molecule has 0 amide bonds. The van der Waals surface area contributed by atoms with Crippen LogP contribution in [0.4, 0.5) is 0 Å². The number of halogens is 1. The molecule has 25 heavy (non-hydrogen) atoms. The van der Waals surface area contributed by atoms with Crippen molar-refractivity contribution < 1.29 is 9.53 Å². The molecule has 0 atom stereocenters. The van der Waals surface area contributed by atoms with Crippen LogP contribution in [0.2, 0.25) is 5.02 Å². The van der Waals surface area contributed by atoms with Gasteiger partial charge in [-0.15, -0.1) is 0 Å². The fourth-order valence-corrected chi connectivity index (χ4v) is 4.90. The van der Waals surface area contributed by atoms with Gasteiger partial charge < -0.3 is 4.74 Å². The van der Waals surface area contributed by atoms with Crippen molar-refractivity contribution in [3.05, 3.63) is 23.4 Å². The van der Waals surface area contributed by atoms with Crippen LogP contribution in [-0.2, 0) is 4.79 Å². The van der Waals surface area contributed by atoms with Crippen LogP contribution < -0.4 is 4.74 Å². The summed E-state index contributed by atoms with van der Waals surface area (Å²) in [4.78, 5) is 16.4. The largest absolute Gasteiger partial charge is 0.407 e. The first-order valence-corrected chi connectivity index (χ1v) is 10.4. The van der Waals surface area contributed by atoms with Crippen molar-refractivity contribution in [3.8, 4) is 5.88 Å². The summed E-state index contributed by atoms with van der Waals surface area (Å²) in [7, 11) is 0. The van der Waals surface area contributed by atoms with E-state index in [1.807, 2.05) is 0 Å². The van der Waals surface area contributed by atoms with Crippen LogP contribution in [-0.4, -0.2) is 11.0 Å². The molecular weight excluding hydrogens is 334 g/mol. The lowest BCUT2D eigenvalue weighted by Crippen LogP contribution is -2.30. The first-order valence-electron chi connectivity index (χ1n) is 9.99. The third kappa shape index (κ3) is 5.20. The number of nitrogens with zero attached hydrogens (tertiary/aromatic N) is 1. The Morgan fingerprint density at radius 2 is 1.72 bits per heavy atom. The molecule has 2 fully saturated rings. The van der Waals surface area contributed by atoms with E-state index < -0.39 is 0 Å². The maximum absolute atomic E-state index is 12.4. The minimum atomic E-state index is -0.125. The van der Waals surface area contributed by atoms with Gasteiger partial charge in [-0.25, -0.2) is 4.98 Å². The number of esters is 1. The molecule has 2 saturated carbocycles. The monoisotopic (exact) mass is 363 g/mol. The number of pyridine rings is 1. The van der Waals surface area contributed by atoms with Crippen LogP contribution in [0.5, 0.6) is 5.88 Å². The molecular formula is C21H30ClNO2. The summed E-state index contributed by atoms with van der Waals surface area (Å²) in [5.41, 5.74) is 0. The highest BCUT2D eigenvalue weighted by atomic mass is 35.5. The smallest absolute Gasteiger partial charge is 0.315 e. The number of aromatic nitrogens is 1. The van der Waals surface area contributed by atoms with Gasteiger partial charge in [-0.1, -0.05) is 44.2 Å². The number of hydrogen-bond donors (Lipinski definition) is 0. The normalized spacial score (nSPS) is 30.0. The lowest BCUT2D eigenvalue weighted by Gasteiger charge is -2.37. The SMILES string of the molecule is CCC[C@H]1CC[C@H]([C@H]2CC[C@H](C(=O)Oc3ccc(Cl)cn3)CC2)CC1. The second kappa shape index (κ2) is 9.02. The standard InChI is InChI=1S/C21H30ClNO2/c1-2-3-15-4-6-16(7-5-15)17-8-10-18(11-9-17)21(24)25-20-13-12-19(22)14-23-20/h12-18H,2-11H2,1H3/t15-,16-,17-,18-. The number of carbonyl (C=O) groups excluding carboxylic acids is 1. The van der Waals surface area contributed by atoms with Crippen molar-refractivity contribution in [2.24, 2.45) is 23.7 Å². The minimum Gasteiger partial charge on any atom is -0.407 e. The van der Waals surface area contributed by atoms with Crippen molar-refractivity contribution in [3.63, 3.8) is 0 Å². The van der Waals surface area contributed by atoms with Crippen LogP contribution in [0, 0.1) is 23.7 Å². The molecule has 0 aromatic carbocycles. The highest BCUT2D eigenvalue weighted by molar-refractivity contribution is 6.30. The fourth-order valence-electron chi connectivity index (χ4n) is 4.79. The van der Waals surface area contributed by atoms with E-state index >= 15 is 0 Å². The van der Waals surface area contributed by atoms with E-state index in [0.29, 0.717) is 10.9 Å². The molecule has 0 aliphatic heterocycles. The van der Waals surface area contributed by atoms with Crippen LogP contribution in [0.1, 0.15) is 71.1 Å². The number of carbonyl (C=O) groups is 1. The zero-order valence-corrected chi connectivity index (χ0v) is 16.0. The third-order valence-electron chi connectivity index (χ3n) is 6.27. The number of ether oxygens (including phenoxy) is 1. The summed E-state index contributed by atoms with van der Waals surface area (Å²) in [5, 5.41) is 0.550. The maximum Gasteiger partial charge on any atom is 0.315 e. The summed E-state index contributed by atoms with van der Waals surface area (Å²) in [6, 6.07) is 3.35. The Hall–Kier alpha value is -1.09. The van der Waals surface area contributed by atoms with Crippen molar-refractivity contribution in [2.45, 2.75) is 71.1 Å². The van der Waals surface area contributed by atoms with Crippen LogP contribution in [0.15, 0.2) is 18.3 Å². The molecule has 1 aromatic rings. The van der Waals surface area contributed by atoms with Crippen molar-refractivity contribution >= 4 is 17.6 Å². The van der Waals surface area contributed by atoms with E-state index in [-0.39, 0.29) is 11.9 Å². The van der Waals surface area contributed by atoms with Gasteiger partial charge in [-0.2, -0.15) is 0 Å². The molecule has 4 heteroatoms. The third-order valence-corrected chi connectivity index (χ3v) is 6.49. The average Bonchev–Trinajstić information content (AvgIpc) is 2.65. The van der Waals surface area contributed by atoms with E-state index in [9.17, 15) is 4.79 Å². The van der Waals surface area contributed by atoms with Gasteiger partial charge in [0.2, 0.25) is 5.88 Å². The van der Waals surface area contributed by atoms with Gasteiger partial charge >= 0.3 is 5.97 Å². The summed E-state index contributed by atoms with van der Waals surface area (Å²) in [6.07, 6.45) is 14.2. The predicted octanol–water partition coefficient (Wildman–Crippen LogP) is 6.05. The van der Waals surface area contributed by atoms with Gasteiger partial charge in [0.05, 0.1) is 10.9 Å². The molecule has 2 aliphatic rings. The first kappa shape index (κ1) is 18.7. The predicted molar refractivity (Wildman–Crippen MR) is 101 cm³/mol. The van der Waals surface area contributed by atoms with Crippen molar-refractivity contribution in [1.82, 2.24) is 4.98 Å². The summed E-state index contributed by atoms with van der Waals surface area (Å²) >= 11 is 5.81. The molecule has 3 rings (SSSR count). The van der Waals surface area contributed by atoms with Crippen LogP contribution >= 0.6 is 11.6 Å². The second-order valence-electron chi connectivity index (χ2n) is 7.92. The Morgan fingerprint density at radius 3 is 2.28 bits per heavy atom. The Balaban J connectivity index is 1.42. The van der Waals surface area contributed by atoms with Gasteiger partial charge in [-0.05, 0) is 62.3 Å². The Kier molecular flexibility index (Phi) is 6.75. The molecule has 138 valence electrons. The quantitative estimate of drug-likeness (QED) is 0.597. The van der Waals surface area contributed by atoms with Crippen molar-refractivity contribution in [1.29, 1.82) is 0 Å². The molecule has 1 aromatic heterocycles. The topological polar surface area (TPSA) is 39.2 Å². The summed E-state index contributed by atoms with van der Waals surface area (Å²) in [6.45, 7) is 2.30. The molecule has 0 radical (unpaired) electrons. The molecule has 0 N–H and O–H groups in total. The zero-order chi connectivity index (χ0) is 17.6. The lowest BCUT2D eigenvalue weighted by molar-refractivity contribution is -0.140. The molecule has 3 nitrogen and oxygen atoms in total. The highest BCUT2D eigenvalue weighted by Gasteiger charge is 2.33. The van der Waals surface area contributed by atoms with Crippen LogP contribution in [0.3, 0.4) is 0 Å². The molecule has 2 aliphatic carbocycles. The van der Waals surface area contributed by atoms with E-state index in [1.54, 1.807) is 12.1 Å². The van der Waals surface area contributed by atoms with Gasteiger partial charge in [0.15, 0.2) is 0 Å². The number of rotatable bonds is 5. The Labute approximate surface area is 156 Å². The minimum absolute atomic E-state index is 0.0326. The van der Waals surface area contributed by atoms with E-state index in [2.05, 4.69) is 11.9 Å². The fraction of sp³-hybridized carbons (Fsp3) is 0.714. The molecule has 0 bridgehead atoms. The first-order chi connectivity index (χ1) is 12.2. The van der Waals surface area contributed by atoms with Gasteiger partial charge in [0.25, 0.3) is 0 Å². The summed E-state index contributed by atoms with van der Waals surface area (Å²) in [5.74, 6) is 2.94. The van der Waals surface area contributed by atoms with E-state index in [4.69, 9.17) is 16.3 Å². The van der Waals surface area contributed by atoms with Crippen LogP contribution in [0.25, 0.3) is 0 Å². The highest BCUT2D eigenvalue weighted by Crippen LogP contribution is 2.42. The van der Waals surface area contributed by atoms with E-state index in [1.165, 1.54) is 57.6 Å². The van der Waals surface area contributed by atoms with Gasteiger partial charge in [0, 0.05) is 12.3 Å². The lowest BCUT2D eigenvalue weighted by atomic mass is 9.69. The van der Waals surface area contributed by atoms with Gasteiger partial charge in [0.1, 0.15) is 0 Å². The zero-order valence-electron chi connectivity index (χ0n) is 15.3. The van der Waals surface area contributed by atoms with E-state index in [0.717, 1.165) is 30.6 Å². The number of hydrogen-bond acceptors (Lipinski definition) is 3. The molecule has 1 heterocycles. The molecule has 0 spiro atoms. The summed E-state index contributed by atoms with van der Waals surface area (Å²) < 4.78 is 5.42. The van der Waals surface area contributed by atoms with Gasteiger partial charge in [-0.3, -0.25) is 4.79 Å². The molecule has 0 unspecified atom stereocenters. The van der Waals surface area contributed by atoms with Crippen molar-refractivity contribution in [2.75, 3.05) is 0 Å².